The predicted molar refractivity (Wildman–Crippen MR) is 79.3 cm³/mol. The minimum absolute atomic E-state index is 0.0350. The van der Waals surface area contributed by atoms with Gasteiger partial charge in [-0.1, -0.05) is 22.9 Å². The molecule has 106 valence electrons. The Hall–Kier alpha value is -0.770. The maximum absolute atomic E-state index is 12.1. The summed E-state index contributed by atoms with van der Waals surface area (Å²) in [6.45, 7) is 2.29. The first-order valence-electron chi connectivity index (χ1n) is 7.03. The van der Waals surface area contributed by atoms with Gasteiger partial charge in [0.2, 0.25) is 5.91 Å². The van der Waals surface area contributed by atoms with Crippen LogP contribution in [0.2, 0.25) is 0 Å². The molecule has 0 radical (unpaired) electrons. The largest absolute Gasteiger partial charge is 0.469 e. The van der Waals surface area contributed by atoms with E-state index >= 15 is 0 Å². The van der Waals surface area contributed by atoms with Crippen LogP contribution < -0.4 is 5.32 Å². The SMILES string of the molecule is CC1CCC(CBr)(NC(=O)CCc2ccco2)CC1. The molecule has 1 aromatic rings. The molecule has 0 saturated heterocycles. The lowest BCUT2D eigenvalue weighted by Crippen LogP contribution is -2.52. The van der Waals surface area contributed by atoms with Crippen molar-refractivity contribution in [3.8, 4) is 0 Å². The van der Waals surface area contributed by atoms with Gasteiger partial charge in [0.15, 0.2) is 0 Å². The Morgan fingerprint density at radius 1 is 1.53 bits per heavy atom. The van der Waals surface area contributed by atoms with Gasteiger partial charge in [-0.05, 0) is 43.7 Å². The Labute approximate surface area is 123 Å². The third-order valence-electron chi connectivity index (χ3n) is 4.07. The second-order valence-electron chi connectivity index (χ2n) is 5.72. The van der Waals surface area contributed by atoms with E-state index in [4.69, 9.17) is 4.42 Å². The summed E-state index contributed by atoms with van der Waals surface area (Å²) in [4.78, 5) is 12.1. The van der Waals surface area contributed by atoms with E-state index < -0.39 is 0 Å². The Morgan fingerprint density at radius 3 is 2.84 bits per heavy atom. The molecule has 0 bridgehead atoms. The highest BCUT2D eigenvalue weighted by Crippen LogP contribution is 2.33. The molecule has 1 aliphatic carbocycles. The van der Waals surface area contributed by atoms with Crippen LogP contribution in [0.1, 0.15) is 44.8 Å². The van der Waals surface area contributed by atoms with Crippen molar-refractivity contribution in [2.45, 2.75) is 51.0 Å². The first-order chi connectivity index (χ1) is 9.13. The third-order valence-corrected chi connectivity index (χ3v) is 5.14. The molecule has 1 heterocycles. The zero-order valence-corrected chi connectivity index (χ0v) is 13.0. The quantitative estimate of drug-likeness (QED) is 0.838. The summed E-state index contributed by atoms with van der Waals surface area (Å²) < 4.78 is 5.25. The predicted octanol–water partition coefficient (Wildman–Crippen LogP) is 3.67. The number of hydrogen-bond donors (Lipinski definition) is 1. The molecular weight excluding hydrogens is 306 g/mol. The Morgan fingerprint density at radius 2 is 2.26 bits per heavy atom. The van der Waals surface area contributed by atoms with E-state index in [-0.39, 0.29) is 11.4 Å². The molecule has 1 fully saturated rings. The molecule has 1 amide bonds. The molecule has 1 aliphatic rings. The average Bonchev–Trinajstić information content (AvgIpc) is 2.93. The summed E-state index contributed by atoms with van der Waals surface area (Å²) in [6, 6.07) is 3.77. The van der Waals surface area contributed by atoms with E-state index in [9.17, 15) is 4.79 Å². The number of amides is 1. The van der Waals surface area contributed by atoms with Crippen LogP contribution in [0.4, 0.5) is 0 Å². The molecule has 0 unspecified atom stereocenters. The summed E-state index contributed by atoms with van der Waals surface area (Å²) >= 11 is 3.57. The van der Waals surface area contributed by atoms with Gasteiger partial charge in [-0.3, -0.25) is 4.79 Å². The van der Waals surface area contributed by atoms with Crippen LogP contribution in [0, 0.1) is 5.92 Å². The zero-order chi connectivity index (χ0) is 13.7. The molecule has 2 rings (SSSR count). The Bertz CT molecular complexity index is 394. The minimum atomic E-state index is -0.0350. The molecule has 0 spiro atoms. The molecule has 0 atom stereocenters. The maximum atomic E-state index is 12.1. The lowest BCUT2D eigenvalue weighted by Gasteiger charge is -2.39. The van der Waals surface area contributed by atoms with E-state index in [1.807, 2.05) is 12.1 Å². The van der Waals surface area contributed by atoms with Crippen LogP contribution in [0.25, 0.3) is 0 Å². The van der Waals surface area contributed by atoms with E-state index in [0.717, 1.165) is 29.8 Å². The van der Waals surface area contributed by atoms with Crippen molar-refractivity contribution in [3.63, 3.8) is 0 Å². The summed E-state index contributed by atoms with van der Waals surface area (Å²) in [6.07, 6.45) is 7.37. The molecule has 0 aliphatic heterocycles. The van der Waals surface area contributed by atoms with E-state index in [0.29, 0.717) is 12.8 Å². The lowest BCUT2D eigenvalue weighted by molar-refractivity contribution is -0.123. The molecule has 1 saturated carbocycles. The molecule has 1 N–H and O–H groups in total. The number of rotatable bonds is 5. The van der Waals surface area contributed by atoms with Crippen molar-refractivity contribution < 1.29 is 9.21 Å². The fourth-order valence-electron chi connectivity index (χ4n) is 2.66. The van der Waals surface area contributed by atoms with Crippen molar-refractivity contribution in [2.75, 3.05) is 5.33 Å². The van der Waals surface area contributed by atoms with Gasteiger partial charge >= 0.3 is 0 Å². The number of alkyl halides is 1. The molecular formula is C15H22BrNO2. The van der Waals surface area contributed by atoms with Gasteiger partial charge in [0.1, 0.15) is 5.76 Å². The van der Waals surface area contributed by atoms with Crippen LogP contribution in [-0.2, 0) is 11.2 Å². The molecule has 3 nitrogen and oxygen atoms in total. The Kier molecular flexibility index (Phi) is 5.08. The highest BCUT2D eigenvalue weighted by molar-refractivity contribution is 9.09. The smallest absolute Gasteiger partial charge is 0.220 e. The zero-order valence-electron chi connectivity index (χ0n) is 11.5. The number of halogens is 1. The highest BCUT2D eigenvalue weighted by Gasteiger charge is 2.34. The number of carbonyl (C=O) groups is 1. The van der Waals surface area contributed by atoms with Gasteiger partial charge < -0.3 is 9.73 Å². The normalized spacial score (nSPS) is 27.2. The molecule has 4 heteroatoms. The van der Waals surface area contributed by atoms with Crippen molar-refractivity contribution in [3.05, 3.63) is 24.2 Å². The maximum Gasteiger partial charge on any atom is 0.220 e. The van der Waals surface area contributed by atoms with Gasteiger partial charge in [-0.2, -0.15) is 0 Å². The van der Waals surface area contributed by atoms with Crippen molar-refractivity contribution in [1.29, 1.82) is 0 Å². The van der Waals surface area contributed by atoms with Gasteiger partial charge in [0.25, 0.3) is 0 Å². The highest BCUT2D eigenvalue weighted by atomic mass is 79.9. The first-order valence-corrected chi connectivity index (χ1v) is 8.15. The van der Waals surface area contributed by atoms with Crippen LogP contribution in [0.15, 0.2) is 22.8 Å². The average molecular weight is 328 g/mol. The summed E-state index contributed by atoms with van der Waals surface area (Å²) in [5.74, 6) is 1.79. The fourth-order valence-corrected chi connectivity index (χ4v) is 3.36. The summed E-state index contributed by atoms with van der Waals surface area (Å²) in [5.41, 5.74) is -0.0350. The van der Waals surface area contributed by atoms with Crippen LogP contribution in [0.3, 0.4) is 0 Å². The summed E-state index contributed by atoms with van der Waals surface area (Å²) in [5, 5.41) is 4.08. The molecule has 0 aromatic carbocycles. The first kappa shape index (κ1) is 14.6. The Balaban J connectivity index is 1.82. The molecule has 1 aromatic heterocycles. The number of carbonyl (C=O) groups excluding carboxylic acids is 1. The van der Waals surface area contributed by atoms with E-state index in [2.05, 4.69) is 28.2 Å². The minimum Gasteiger partial charge on any atom is -0.469 e. The van der Waals surface area contributed by atoms with Crippen LogP contribution in [-0.4, -0.2) is 16.8 Å². The van der Waals surface area contributed by atoms with Crippen molar-refractivity contribution in [1.82, 2.24) is 5.32 Å². The lowest BCUT2D eigenvalue weighted by atomic mass is 9.78. The van der Waals surface area contributed by atoms with Crippen LogP contribution in [0.5, 0.6) is 0 Å². The summed E-state index contributed by atoms with van der Waals surface area (Å²) in [7, 11) is 0. The topological polar surface area (TPSA) is 42.2 Å². The monoisotopic (exact) mass is 327 g/mol. The van der Waals surface area contributed by atoms with Crippen molar-refractivity contribution in [2.24, 2.45) is 5.92 Å². The number of nitrogens with one attached hydrogen (secondary N) is 1. The number of aryl methyl sites for hydroxylation is 1. The van der Waals surface area contributed by atoms with Gasteiger partial charge in [0, 0.05) is 23.7 Å². The van der Waals surface area contributed by atoms with E-state index in [1.165, 1.54) is 12.8 Å². The van der Waals surface area contributed by atoms with Gasteiger partial charge in [0.05, 0.1) is 6.26 Å². The van der Waals surface area contributed by atoms with Gasteiger partial charge in [-0.15, -0.1) is 0 Å². The number of hydrogen-bond acceptors (Lipinski definition) is 2. The van der Waals surface area contributed by atoms with E-state index in [1.54, 1.807) is 6.26 Å². The number of furan rings is 1. The van der Waals surface area contributed by atoms with Gasteiger partial charge in [-0.25, -0.2) is 0 Å². The second kappa shape index (κ2) is 6.60. The second-order valence-corrected chi connectivity index (χ2v) is 6.28. The van der Waals surface area contributed by atoms with Crippen LogP contribution >= 0.6 is 15.9 Å². The molecule has 19 heavy (non-hydrogen) atoms. The standard InChI is InChI=1S/C15H22BrNO2/c1-12-6-8-15(11-16,9-7-12)17-14(18)5-4-13-3-2-10-19-13/h2-3,10,12H,4-9,11H2,1H3,(H,17,18). The third kappa shape index (κ3) is 4.10. The fraction of sp³-hybridized carbons (Fsp3) is 0.667. The van der Waals surface area contributed by atoms with Crippen molar-refractivity contribution >= 4 is 21.8 Å².